The van der Waals surface area contributed by atoms with Gasteiger partial charge >= 0.3 is 5.97 Å². The van der Waals surface area contributed by atoms with Crippen LogP contribution in [-0.4, -0.2) is 70.0 Å². The van der Waals surface area contributed by atoms with E-state index in [1.807, 2.05) is 6.07 Å². The SMILES string of the molecule is O=C(O)CNc1cc(SCCCO)c2ccc3c(SCCCO)cc(SCCCO)c4ccc1c2c43. The molecular formula is C27H31NO5S3. The minimum absolute atomic E-state index is 0.131. The predicted molar refractivity (Wildman–Crippen MR) is 154 cm³/mol. The molecule has 5 N–H and O–H groups in total. The van der Waals surface area contributed by atoms with Gasteiger partial charge in [0.05, 0.1) is 0 Å². The number of carboxylic acid groups (broad SMARTS) is 1. The summed E-state index contributed by atoms with van der Waals surface area (Å²) < 4.78 is 0. The molecule has 36 heavy (non-hydrogen) atoms. The summed E-state index contributed by atoms with van der Waals surface area (Å²) in [6.07, 6.45) is 2.12. The molecule has 0 saturated carbocycles. The summed E-state index contributed by atoms with van der Waals surface area (Å²) in [5.41, 5.74) is 0.790. The summed E-state index contributed by atoms with van der Waals surface area (Å²) in [5.74, 6) is 1.48. The lowest BCUT2D eigenvalue weighted by Crippen LogP contribution is -2.12. The fourth-order valence-electron chi connectivity index (χ4n) is 4.31. The van der Waals surface area contributed by atoms with Crippen LogP contribution >= 0.6 is 35.3 Å². The minimum atomic E-state index is -0.916. The van der Waals surface area contributed by atoms with Gasteiger partial charge in [-0.1, -0.05) is 24.3 Å². The van der Waals surface area contributed by atoms with Gasteiger partial charge in [0.1, 0.15) is 6.54 Å². The van der Waals surface area contributed by atoms with Crippen LogP contribution in [0.1, 0.15) is 19.3 Å². The number of carbonyl (C=O) groups is 1. The molecule has 0 aromatic heterocycles. The van der Waals surface area contributed by atoms with Crippen molar-refractivity contribution in [2.75, 3.05) is 48.9 Å². The second kappa shape index (κ2) is 13.1. The van der Waals surface area contributed by atoms with Crippen molar-refractivity contribution in [3.05, 3.63) is 36.4 Å². The van der Waals surface area contributed by atoms with Crippen molar-refractivity contribution in [2.45, 2.75) is 33.9 Å². The van der Waals surface area contributed by atoms with Crippen LogP contribution in [0.3, 0.4) is 0 Å². The molecule has 0 spiro atoms. The highest BCUT2D eigenvalue weighted by Gasteiger charge is 2.19. The van der Waals surface area contributed by atoms with Crippen molar-refractivity contribution < 1.29 is 25.2 Å². The van der Waals surface area contributed by atoms with E-state index in [9.17, 15) is 25.2 Å². The third-order valence-electron chi connectivity index (χ3n) is 5.89. The first-order chi connectivity index (χ1) is 17.6. The molecule has 0 bridgehead atoms. The monoisotopic (exact) mass is 545 g/mol. The number of nitrogens with one attached hydrogen (secondary N) is 1. The van der Waals surface area contributed by atoms with Crippen molar-refractivity contribution in [2.24, 2.45) is 0 Å². The Morgan fingerprint density at radius 2 is 1.08 bits per heavy atom. The van der Waals surface area contributed by atoms with Gasteiger partial charge in [-0.15, -0.1) is 35.3 Å². The molecule has 0 radical (unpaired) electrons. The first kappa shape index (κ1) is 27.2. The highest BCUT2D eigenvalue weighted by atomic mass is 32.2. The molecule has 0 fully saturated rings. The molecular weight excluding hydrogens is 515 g/mol. The van der Waals surface area contributed by atoms with Crippen LogP contribution in [0.4, 0.5) is 5.69 Å². The number of benzene rings is 4. The average molecular weight is 546 g/mol. The number of hydrogen-bond acceptors (Lipinski definition) is 8. The van der Waals surface area contributed by atoms with E-state index >= 15 is 0 Å². The Hall–Kier alpha value is -1.88. The summed E-state index contributed by atoms with van der Waals surface area (Å²) in [5, 5.41) is 47.0. The fraction of sp³-hybridized carbons (Fsp3) is 0.370. The molecule has 0 aliphatic rings. The van der Waals surface area contributed by atoms with Gasteiger partial charge in [-0.05, 0) is 52.9 Å². The smallest absolute Gasteiger partial charge is 0.322 e. The number of hydrogen-bond donors (Lipinski definition) is 5. The van der Waals surface area contributed by atoms with E-state index in [0.29, 0.717) is 19.3 Å². The zero-order chi connectivity index (χ0) is 25.5. The molecule has 0 saturated heterocycles. The van der Waals surface area contributed by atoms with Gasteiger partial charge < -0.3 is 25.7 Å². The maximum atomic E-state index is 11.3. The molecule has 0 aliphatic carbocycles. The summed E-state index contributed by atoms with van der Waals surface area (Å²) >= 11 is 5.16. The van der Waals surface area contributed by atoms with Crippen LogP contribution in [0.2, 0.25) is 0 Å². The van der Waals surface area contributed by atoms with Crippen molar-refractivity contribution in [1.29, 1.82) is 0 Å². The molecule has 9 heteroatoms. The lowest BCUT2D eigenvalue weighted by Gasteiger charge is -2.20. The molecule has 4 aromatic rings. The van der Waals surface area contributed by atoms with E-state index in [4.69, 9.17) is 0 Å². The van der Waals surface area contributed by atoms with Crippen molar-refractivity contribution in [3.63, 3.8) is 0 Å². The van der Waals surface area contributed by atoms with Gasteiger partial charge in [0.2, 0.25) is 0 Å². The molecule has 4 rings (SSSR count). The number of rotatable bonds is 15. The van der Waals surface area contributed by atoms with Crippen LogP contribution in [0.15, 0.2) is 51.1 Å². The number of aliphatic hydroxyl groups is 3. The van der Waals surface area contributed by atoms with Crippen LogP contribution in [-0.2, 0) is 4.79 Å². The Kier molecular flexibility index (Phi) is 9.87. The summed E-state index contributed by atoms with van der Waals surface area (Å²) in [6, 6.07) is 12.8. The Labute approximate surface area is 223 Å². The maximum absolute atomic E-state index is 11.3. The van der Waals surface area contributed by atoms with E-state index < -0.39 is 5.97 Å². The zero-order valence-corrected chi connectivity index (χ0v) is 22.4. The highest BCUT2D eigenvalue weighted by Crippen LogP contribution is 2.47. The normalized spacial score (nSPS) is 11.8. The lowest BCUT2D eigenvalue weighted by molar-refractivity contribution is -0.134. The van der Waals surface area contributed by atoms with Crippen LogP contribution in [0.25, 0.3) is 32.3 Å². The van der Waals surface area contributed by atoms with Gasteiger partial charge in [-0.3, -0.25) is 4.79 Å². The first-order valence-electron chi connectivity index (χ1n) is 12.0. The predicted octanol–water partition coefficient (Wildman–Crippen LogP) is 5.50. The van der Waals surface area contributed by atoms with E-state index in [-0.39, 0.29) is 26.4 Å². The van der Waals surface area contributed by atoms with Gasteiger partial charge in [0, 0.05) is 68.2 Å². The van der Waals surface area contributed by atoms with Crippen molar-refractivity contribution in [3.8, 4) is 0 Å². The fourth-order valence-corrected chi connectivity index (χ4v) is 7.45. The number of carboxylic acids is 1. The molecule has 6 nitrogen and oxygen atoms in total. The van der Waals surface area contributed by atoms with E-state index in [1.165, 1.54) is 0 Å². The molecule has 0 heterocycles. The lowest BCUT2D eigenvalue weighted by atomic mass is 9.93. The van der Waals surface area contributed by atoms with Crippen molar-refractivity contribution in [1.82, 2.24) is 0 Å². The molecule has 4 aromatic carbocycles. The van der Waals surface area contributed by atoms with Crippen LogP contribution < -0.4 is 5.32 Å². The van der Waals surface area contributed by atoms with Gasteiger partial charge in [-0.2, -0.15) is 0 Å². The molecule has 0 atom stereocenters. The van der Waals surface area contributed by atoms with Crippen LogP contribution in [0.5, 0.6) is 0 Å². The molecule has 192 valence electrons. The van der Waals surface area contributed by atoms with E-state index in [0.717, 1.165) is 69.9 Å². The molecule has 0 unspecified atom stereocenters. The Morgan fingerprint density at radius 3 is 1.53 bits per heavy atom. The average Bonchev–Trinajstić information content (AvgIpc) is 2.88. The number of aliphatic carboxylic acids is 1. The summed E-state index contributed by atoms with van der Waals surface area (Å²) in [4.78, 5) is 14.7. The Morgan fingerprint density at radius 1 is 0.667 bits per heavy atom. The largest absolute Gasteiger partial charge is 0.480 e. The van der Waals surface area contributed by atoms with E-state index in [1.54, 1.807) is 35.3 Å². The standard InChI is InChI=1S/C27H31NO5S3/c29-8-1-11-34-22-14-21(28-16-25(32)33)17-4-5-19-23(35-12-2-9-30)15-24(36-13-3-10-31)20-7-6-18(22)26(17)27(19)20/h4-7,14-15,28-31H,1-3,8-13,16H2,(H,32,33). The topological polar surface area (TPSA) is 110 Å². The van der Waals surface area contributed by atoms with Gasteiger partial charge in [-0.25, -0.2) is 0 Å². The Bertz CT molecular complexity index is 1300. The number of anilines is 1. The first-order valence-corrected chi connectivity index (χ1v) is 15.0. The summed E-state index contributed by atoms with van der Waals surface area (Å²) in [6.45, 7) is 0.273. The van der Waals surface area contributed by atoms with E-state index in [2.05, 4.69) is 35.6 Å². The third kappa shape index (κ3) is 5.98. The molecule has 0 amide bonds. The van der Waals surface area contributed by atoms with Crippen LogP contribution in [0, 0.1) is 0 Å². The quantitative estimate of drug-likeness (QED) is 0.0751. The third-order valence-corrected chi connectivity index (χ3v) is 9.32. The molecule has 0 aliphatic heterocycles. The van der Waals surface area contributed by atoms with Gasteiger partial charge in [0.25, 0.3) is 0 Å². The zero-order valence-electron chi connectivity index (χ0n) is 20.0. The Balaban J connectivity index is 1.97. The summed E-state index contributed by atoms with van der Waals surface area (Å²) in [7, 11) is 0. The second-order valence-corrected chi connectivity index (χ2v) is 11.8. The second-order valence-electron chi connectivity index (χ2n) is 8.39. The van der Waals surface area contributed by atoms with Crippen molar-refractivity contribution >= 4 is 79.3 Å². The highest BCUT2D eigenvalue weighted by molar-refractivity contribution is 8.00. The number of thioether (sulfide) groups is 3. The number of aliphatic hydroxyl groups excluding tert-OH is 3. The van der Waals surface area contributed by atoms with Gasteiger partial charge in [0.15, 0.2) is 0 Å². The maximum Gasteiger partial charge on any atom is 0.322 e. The minimum Gasteiger partial charge on any atom is -0.480 e.